The Morgan fingerprint density at radius 1 is 1.28 bits per heavy atom. The van der Waals surface area contributed by atoms with Crippen molar-refractivity contribution in [3.8, 4) is 0 Å². The molecule has 0 saturated carbocycles. The Hall–Kier alpha value is -1.91. The van der Waals surface area contributed by atoms with Crippen LogP contribution < -0.4 is 16.4 Å². The molecule has 0 aliphatic carbocycles. The Morgan fingerprint density at radius 2 is 1.92 bits per heavy atom. The smallest absolute Gasteiger partial charge is 0.243 e. The molecule has 7 N–H and O–H groups in total. The van der Waals surface area contributed by atoms with Gasteiger partial charge in [0.15, 0.2) is 5.96 Å². The van der Waals surface area contributed by atoms with E-state index in [0.717, 1.165) is 0 Å². The average molecular weight is 356 g/mol. The fourth-order valence-corrected chi connectivity index (χ4v) is 3.46. The van der Waals surface area contributed by atoms with E-state index in [4.69, 9.17) is 11.1 Å². The van der Waals surface area contributed by atoms with Gasteiger partial charge in [-0.15, -0.1) is 0 Å². The van der Waals surface area contributed by atoms with Crippen LogP contribution in [0.2, 0.25) is 0 Å². The molecule has 0 bridgehead atoms. The molecule has 2 rings (SSSR count). The summed E-state index contributed by atoms with van der Waals surface area (Å²) in [5.74, 6) is -0.866. The first-order valence-electron chi connectivity index (χ1n) is 8.58. The molecule has 0 spiro atoms. The number of amides is 2. The average Bonchev–Trinajstić information content (AvgIpc) is 3.07. The Balaban J connectivity index is 2.01. The van der Waals surface area contributed by atoms with Gasteiger partial charge in [-0.05, 0) is 32.7 Å². The van der Waals surface area contributed by atoms with Gasteiger partial charge < -0.3 is 36.4 Å². The van der Waals surface area contributed by atoms with Gasteiger partial charge in [0.05, 0.1) is 12.6 Å². The fourth-order valence-electron chi connectivity index (χ4n) is 3.46. The van der Waals surface area contributed by atoms with Crippen molar-refractivity contribution in [2.45, 2.75) is 50.0 Å². The number of likely N-dealkylation sites (N-methyl/N-ethyl adjacent to an activating group) is 1. The van der Waals surface area contributed by atoms with Gasteiger partial charge in [-0.3, -0.25) is 15.0 Å². The highest BCUT2D eigenvalue weighted by Crippen LogP contribution is 2.21. The van der Waals surface area contributed by atoms with Crippen molar-refractivity contribution in [2.24, 2.45) is 5.73 Å². The minimum Gasteiger partial charge on any atom is -0.394 e. The van der Waals surface area contributed by atoms with Gasteiger partial charge in [-0.1, -0.05) is 0 Å². The summed E-state index contributed by atoms with van der Waals surface area (Å²) >= 11 is 0. The molecule has 2 fully saturated rings. The van der Waals surface area contributed by atoms with Gasteiger partial charge >= 0.3 is 0 Å². The second kappa shape index (κ2) is 8.45. The molecule has 4 unspecified atom stereocenters. The number of nitrogens with zero attached hydrogens (tertiary/aromatic N) is 2. The van der Waals surface area contributed by atoms with E-state index in [1.54, 1.807) is 7.05 Å². The summed E-state index contributed by atoms with van der Waals surface area (Å²) in [5.41, 5.74) is 5.45. The normalized spacial score (nSPS) is 27.9. The minimum absolute atomic E-state index is 0.232. The van der Waals surface area contributed by atoms with Crippen LogP contribution in [0.1, 0.15) is 25.7 Å². The van der Waals surface area contributed by atoms with Crippen molar-refractivity contribution < 1.29 is 19.8 Å². The van der Waals surface area contributed by atoms with Crippen LogP contribution in [0, 0.1) is 5.41 Å². The summed E-state index contributed by atoms with van der Waals surface area (Å²) in [6.07, 6.45) is 1.47. The zero-order valence-corrected chi connectivity index (χ0v) is 14.4. The molecule has 2 amide bonds. The first kappa shape index (κ1) is 19.4. The summed E-state index contributed by atoms with van der Waals surface area (Å²) in [4.78, 5) is 27.9. The lowest BCUT2D eigenvalue weighted by Crippen LogP contribution is -2.61. The highest BCUT2D eigenvalue weighted by molar-refractivity contribution is 5.90. The lowest BCUT2D eigenvalue weighted by molar-refractivity contribution is -0.141. The second-order valence-corrected chi connectivity index (χ2v) is 6.46. The van der Waals surface area contributed by atoms with Gasteiger partial charge in [0.1, 0.15) is 18.3 Å². The molecule has 10 heteroatoms. The van der Waals surface area contributed by atoms with E-state index in [9.17, 15) is 19.8 Å². The molecule has 25 heavy (non-hydrogen) atoms. The number of guanidine groups is 1. The third-order valence-corrected chi connectivity index (χ3v) is 4.90. The van der Waals surface area contributed by atoms with Crippen LogP contribution in [0.15, 0.2) is 0 Å². The number of carbonyl (C=O) groups excluding carboxylic acids is 2. The van der Waals surface area contributed by atoms with E-state index in [0.29, 0.717) is 38.8 Å². The zero-order valence-electron chi connectivity index (χ0n) is 14.4. The van der Waals surface area contributed by atoms with E-state index >= 15 is 0 Å². The standard InChI is InChI=1S/C15H28N6O4/c1-18-10(8-22)14(25)20-6-3-5-11(20)12(23)19-9-4-2-7-21(13(9)24)15(16)17/h9-11,13,18,22,24H,2-8H2,1H3,(H3,16,17)(H,19,23). The molecule has 10 nitrogen and oxygen atoms in total. The number of hydrogen-bond acceptors (Lipinski definition) is 6. The van der Waals surface area contributed by atoms with Gasteiger partial charge in [0, 0.05) is 13.1 Å². The summed E-state index contributed by atoms with van der Waals surface area (Å²) in [6.45, 7) is 0.592. The van der Waals surface area contributed by atoms with E-state index in [1.807, 2.05) is 0 Å². The Kier molecular flexibility index (Phi) is 6.57. The molecule has 2 aliphatic heterocycles. The van der Waals surface area contributed by atoms with Crippen LogP contribution >= 0.6 is 0 Å². The summed E-state index contributed by atoms with van der Waals surface area (Å²) < 4.78 is 0. The maximum absolute atomic E-state index is 12.6. The highest BCUT2D eigenvalue weighted by Gasteiger charge is 2.39. The Bertz CT molecular complexity index is 512. The minimum atomic E-state index is -1.05. The van der Waals surface area contributed by atoms with Crippen molar-refractivity contribution >= 4 is 17.8 Å². The van der Waals surface area contributed by atoms with Crippen LogP contribution in [0.25, 0.3) is 0 Å². The second-order valence-electron chi connectivity index (χ2n) is 6.46. The van der Waals surface area contributed by atoms with Gasteiger partial charge in [0.2, 0.25) is 11.8 Å². The molecule has 0 aromatic rings. The van der Waals surface area contributed by atoms with Crippen LogP contribution in [0.3, 0.4) is 0 Å². The zero-order chi connectivity index (χ0) is 18.6. The summed E-state index contributed by atoms with van der Waals surface area (Å²) in [6, 6.07) is -1.89. The SMILES string of the molecule is CNC(CO)C(=O)N1CCCC1C(=O)NC1CCCN(C(=N)N)C1O. The molecule has 142 valence electrons. The molecule has 4 atom stereocenters. The lowest BCUT2D eigenvalue weighted by Gasteiger charge is -2.39. The first-order valence-corrected chi connectivity index (χ1v) is 8.58. The first-order chi connectivity index (χ1) is 11.9. The van der Waals surface area contributed by atoms with E-state index in [-0.39, 0.29) is 24.4 Å². The maximum atomic E-state index is 12.6. The number of aliphatic hydroxyl groups is 2. The molecule has 0 aromatic carbocycles. The number of rotatable bonds is 5. The van der Waals surface area contributed by atoms with Crippen molar-refractivity contribution in [1.29, 1.82) is 5.41 Å². The van der Waals surface area contributed by atoms with Crippen molar-refractivity contribution in [1.82, 2.24) is 20.4 Å². The third kappa shape index (κ3) is 4.20. The van der Waals surface area contributed by atoms with Crippen LogP contribution in [0.4, 0.5) is 0 Å². The number of piperidine rings is 1. The maximum Gasteiger partial charge on any atom is 0.243 e. The number of likely N-dealkylation sites (tertiary alicyclic amines) is 2. The predicted molar refractivity (Wildman–Crippen MR) is 90.5 cm³/mol. The Morgan fingerprint density at radius 3 is 2.52 bits per heavy atom. The van der Waals surface area contributed by atoms with Crippen LogP contribution in [-0.4, -0.2) is 88.9 Å². The number of hydrogen-bond donors (Lipinski definition) is 6. The number of nitrogens with one attached hydrogen (secondary N) is 3. The molecule has 0 radical (unpaired) electrons. The summed E-state index contributed by atoms with van der Waals surface area (Å²) in [7, 11) is 1.58. The van der Waals surface area contributed by atoms with Crippen LogP contribution in [-0.2, 0) is 9.59 Å². The molecular formula is C15H28N6O4. The number of aliphatic hydroxyl groups excluding tert-OH is 2. The topological polar surface area (TPSA) is 155 Å². The van der Waals surface area contributed by atoms with Gasteiger partial charge in [-0.2, -0.15) is 0 Å². The number of carbonyl (C=O) groups is 2. The Labute approximate surface area is 146 Å². The van der Waals surface area contributed by atoms with Gasteiger partial charge in [0.25, 0.3) is 0 Å². The fraction of sp³-hybridized carbons (Fsp3) is 0.800. The van der Waals surface area contributed by atoms with Crippen molar-refractivity contribution in [3.63, 3.8) is 0 Å². The monoisotopic (exact) mass is 356 g/mol. The summed E-state index contributed by atoms with van der Waals surface area (Å²) in [5, 5.41) is 32.6. The van der Waals surface area contributed by atoms with Crippen molar-refractivity contribution in [3.05, 3.63) is 0 Å². The van der Waals surface area contributed by atoms with Crippen molar-refractivity contribution in [2.75, 3.05) is 26.7 Å². The van der Waals surface area contributed by atoms with Crippen LogP contribution in [0.5, 0.6) is 0 Å². The predicted octanol–water partition coefficient (Wildman–Crippen LogP) is -2.65. The largest absolute Gasteiger partial charge is 0.394 e. The molecule has 2 aliphatic rings. The molecule has 2 saturated heterocycles. The van der Waals surface area contributed by atoms with E-state index in [2.05, 4.69) is 10.6 Å². The number of nitrogens with two attached hydrogens (primary N) is 1. The van der Waals surface area contributed by atoms with E-state index in [1.165, 1.54) is 9.80 Å². The lowest BCUT2D eigenvalue weighted by atomic mass is 10.0. The quantitative estimate of drug-likeness (QED) is 0.232. The molecule has 0 aromatic heterocycles. The van der Waals surface area contributed by atoms with E-state index < -0.39 is 24.4 Å². The third-order valence-electron chi connectivity index (χ3n) is 4.90. The van der Waals surface area contributed by atoms with Gasteiger partial charge in [-0.25, -0.2) is 0 Å². The highest BCUT2D eigenvalue weighted by atomic mass is 16.3. The molecule has 2 heterocycles. The molecular weight excluding hydrogens is 328 g/mol.